The number of carbonyl (C=O) groups excluding carboxylic acids is 4. The van der Waals surface area contributed by atoms with E-state index in [2.05, 4.69) is 10.6 Å². The van der Waals surface area contributed by atoms with E-state index in [0.29, 0.717) is 12.8 Å². The fraction of sp³-hybridized carbons (Fsp3) is 0.593. The third-order valence-corrected chi connectivity index (χ3v) is 6.38. The lowest BCUT2D eigenvalue weighted by atomic mass is 9.71. The van der Waals surface area contributed by atoms with Crippen LogP contribution in [0.25, 0.3) is 0 Å². The number of piperidine rings is 1. The van der Waals surface area contributed by atoms with Crippen LogP contribution >= 0.6 is 0 Å². The SMILES string of the molecule is CC(C)C[C@H](NC(=O)C1(c2ccccc2)CCN(C(=O)OC(C)(C)C)CC1)C(=O)N[C@H](CC(N)=O)C(=O)O. The highest BCUT2D eigenvalue weighted by Crippen LogP contribution is 2.36. The minimum atomic E-state index is -1.51. The van der Waals surface area contributed by atoms with E-state index in [1.54, 1.807) is 25.7 Å². The molecule has 2 rings (SSSR count). The fourth-order valence-corrected chi connectivity index (χ4v) is 4.47. The Morgan fingerprint density at radius 1 is 1.03 bits per heavy atom. The van der Waals surface area contributed by atoms with Crippen LogP contribution in [-0.4, -0.2) is 70.6 Å². The summed E-state index contributed by atoms with van der Waals surface area (Å²) >= 11 is 0. The van der Waals surface area contributed by atoms with Gasteiger partial charge in [0, 0.05) is 13.1 Å². The van der Waals surface area contributed by atoms with Gasteiger partial charge in [0.05, 0.1) is 11.8 Å². The molecule has 1 aromatic rings. The Kier molecular flexibility index (Phi) is 10.3. The molecule has 1 aliphatic heterocycles. The Hall–Kier alpha value is -3.63. The second kappa shape index (κ2) is 12.7. The van der Waals surface area contributed by atoms with Gasteiger partial charge >= 0.3 is 12.1 Å². The molecule has 0 saturated carbocycles. The van der Waals surface area contributed by atoms with Crippen molar-refractivity contribution in [3.8, 4) is 0 Å². The summed E-state index contributed by atoms with van der Waals surface area (Å²) in [5, 5.41) is 14.6. The standard InChI is InChI=1S/C27H40N4O7/c1-17(2)15-19(22(33)29-20(23(34)35)16-21(28)32)30-24(36)27(18-9-7-6-8-10-18)11-13-31(14-12-27)25(37)38-26(3,4)5/h6-10,17,19-20H,11-16H2,1-5H3,(H2,28,32)(H,29,33)(H,30,36)(H,34,35)/t19-,20+/m0/s1. The molecule has 210 valence electrons. The van der Waals surface area contributed by atoms with Crippen molar-refractivity contribution in [3.63, 3.8) is 0 Å². The van der Waals surface area contributed by atoms with Gasteiger partial charge in [-0.2, -0.15) is 0 Å². The van der Waals surface area contributed by atoms with E-state index < -0.39 is 59.3 Å². The molecule has 0 aliphatic carbocycles. The van der Waals surface area contributed by atoms with Gasteiger partial charge in [-0.3, -0.25) is 14.4 Å². The van der Waals surface area contributed by atoms with Gasteiger partial charge in [-0.15, -0.1) is 0 Å². The first-order valence-electron chi connectivity index (χ1n) is 12.8. The average Bonchev–Trinajstić information content (AvgIpc) is 2.82. The lowest BCUT2D eigenvalue weighted by Gasteiger charge is -2.42. The molecule has 5 N–H and O–H groups in total. The smallest absolute Gasteiger partial charge is 0.410 e. The summed E-state index contributed by atoms with van der Waals surface area (Å²) in [7, 11) is 0. The maximum atomic E-state index is 13.9. The number of hydrogen-bond donors (Lipinski definition) is 4. The van der Waals surface area contributed by atoms with Crippen LogP contribution in [0.4, 0.5) is 4.79 Å². The highest BCUT2D eigenvalue weighted by atomic mass is 16.6. The summed E-state index contributed by atoms with van der Waals surface area (Å²) in [6, 6.07) is 6.62. The monoisotopic (exact) mass is 532 g/mol. The first kappa shape index (κ1) is 30.6. The number of nitrogens with one attached hydrogen (secondary N) is 2. The summed E-state index contributed by atoms with van der Waals surface area (Å²) in [6.45, 7) is 9.65. The maximum Gasteiger partial charge on any atom is 0.410 e. The highest BCUT2D eigenvalue weighted by Gasteiger charge is 2.45. The number of rotatable bonds is 10. The van der Waals surface area contributed by atoms with Crippen LogP contribution in [0.15, 0.2) is 30.3 Å². The molecular formula is C27H40N4O7. The summed E-state index contributed by atoms with van der Waals surface area (Å²) < 4.78 is 5.49. The molecule has 1 aromatic carbocycles. The average molecular weight is 533 g/mol. The molecule has 0 spiro atoms. The number of benzene rings is 1. The number of hydrogen-bond acceptors (Lipinski definition) is 6. The van der Waals surface area contributed by atoms with E-state index in [0.717, 1.165) is 5.56 Å². The number of carboxylic acids is 1. The Morgan fingerprint density at radius 3 is 2.08 bits per heavy atom. The van der Waals surface area contributed by atoms with Crippen molar-refractivity contribution in [2.45, 2.75) is 83.4 Å². The predicted octanol–water partition coefficient (Wildman–Crippen LogP) is 1.93. The van der Waals surface area contributed by atoms with E-state index >= 15 is 0 Å². The summed E-state index contributed by atoms with van der Waals surface area (Å²) in [6.07, 6.45) is -0.173. The molecule has 0 radical (unpaired) electrons. The molecule has 0 bridgehead atoms. The third-order valence-electron chi connectivity index (χ3n) is 6.38. The number of primary amides is 1. The van der Waals surface area contributed by atoms with Crippen LogP contribution in [0.5, 0.6) is 0 Å². The van der Waals surface area contributed by atoms with Gasteiger partial charge in [0.1, 0.15) is 17.7 Å². The van der Waals surface area contributed by atoms with Crippen LogP contribution in [-0.2, 0) is 29.3 Å². The quantitative estimate of drug-likeness (QED) is 0.357. The molecule has 4 amide bonds. The van der Waals surface area contributed by atoms with Gasteiger partial charge in [0.15, 0.2) is 0 Å². The largest absolute Gasteiger partial charge is 0.480 e. The van der Waals surface area contributed by atoms with Crippen LogP contribution in [0, 0.1) is 5.92 Å². The number of carbonyl (C=O) groups is 5. The van der Waals surface area contributed by atoms with E-state index in [9.17, 15) is 29.1 Å². The number of aliphatic carboxylic acids is 1. The van der Waals surface area contributed by atoms with E-state index in [4.69, 9.17) is 10.5 Å². The fourth-order valence-electron chi connectivity index (χ4n) is 4.47. The lowest BCUT2D eigenvalue weighted by Crippen LogP contribution is -2.58. The van der Waals surface area contributed by atoms with Gasteiger partial charge in [-0.25, -0.2) is 9.59 Å². The van der Waals surface area contributed by atoms with Gasteiger partial charge in [0.25, 0.3) is 0 Å². The second-order valence-corrected chi connectivity index (χ2v) is 11.1. The summed E-state index contributed by atoms with van der Waals surface area (Å²) in [4.78, 5) is 64.0. The molecule has 1 heterocycles. The summed E-state index contributed by atoms with van der Waals surface area (Å²) in [5.41, 5.74) is 4.21. The number of nitrogens with two attached hydrogens (primary N) is 1. The van der Waals surface area contributed by atoms with Crippen LogP contribution in [0.2, 0.25) is 0 Å². The number of amides is 4. The van der Waals surface area contributed by atoms with Crippen LogP contribution in [0.3, 0.4) is 0 Å². The van der Waals surface area contributed by atoms with Crippen molar-refractivity contribution in [1.82, 2.24) is 15.5 Å². The Morgan fingerprint density at radius 2 is 1.61 bits per heavy atom. The molecule has 11 nitrogen and oxygen atoms in total. The molecule has 1 aliphatic rings. The van der Waals surface area contributed by atoms with Gasteiger partial charge < -0.3 is 31.1 Å². The third kappa shape index (κ3) is 8.46. The van der Waals surface area contributed by atoms with E-state index in [1.165, 1.54) is 0 Å². The number of nitrogens with zero attached hydrogens (tertiary/aromatic N) is 1. The number of ether oxygens (including phenoxy) is 1. The number of carboxylic acid groups (broad SMARTS) is 1. The van der Waals surface area contributed by atoms with Crippen LogP contribution in [0.1, 0.15) is 65.9 Å². The first-order valence-corrected chi connectivity index (χ1v) is 12.8. The minimum absolute atomic E-state index is 0.00726. The summed E-state index contributed by atoms with van der Waals surface area (Å²) in [5.74, 6) is -3.39. The molecule has 1 saturated heterocycles. The molecule has 0 unspecified atom stereocenters. The van der Waals surface area contributed by atoms with E-state index in [1.807, 2.05) is 44.2 Å². The minimum Gasteiger partial charge on any atom is -0.480 e. The Bertz CT molecular complexity index is 1010. The topological polar surface area (TPSA) is 168 Å². The first-order chi connectivity index (χ1) is 17.6. The zero-order chi connectivity index (χ0) is 28.7. The molecular weight excluding hydrogens is 492 g/mol. The van der Waals surface area contributed by atoms with Crippen molar-refractivity contribution < 1.29 is 33.8 Å². The molecule has 11 heteroatoms. The number of likely N-dealkylation sites (tertiary alicyclic amines) is 1. The zero-order valence-electron chi connectivity index (χ0n) is 22.8. The van der Waals surface area contributed by atoms with Crippen molar-refractivity contribution in [1.29, 1.82) is 0 Å². The van der Waals surface area contributed by atoms with Crippen LogP contribution < -0.4 is 16.4 Å². The Labute approximate surface area is 223 Å². The van der Waals surface area contributed by atoms with E-state index in [-0.39, 0.29) is 25.4 Å². The van der Waals surface area contributed by atoms with Crippen molar-refractivity contribution >= 4 is 29.8 Å². The van der Waals surface area contributed by atoms with Crippen molar-refractivity contribution in [2.75, 3.05) is 13.1 Å². The highest BCUT2D eigenvalue weighted by molar-refractivity contribution is 5.95. The van der Waals surface area contributed by atoms with Gasteiger partial charge in [-0.1, -0.05) is 44.2 Å². The van der Waals surface area contributed by atoms with Crippen molar-refractivity contribution in [3.05, 3.63) is 35.9 Å². The normalized spacial score (nSPS) is 16.7. The molecule has 0 aromatic heterocycles. The molecule has 2 atom stereocenters. The molecule has 38 heavy (non-hydrogen) atoms. The van der Waals surface area contributed by atoms with Crippen molar-refractivity contribution in [2.24, 2.45) is 11.7 Å². The second-order valence-electron chi connectivity index (χ2n) is 11.1. The van der Waals surface area contributed by atoms with Gasteiger partial charge in [-0.05, 0) is 51.5 Å². The van der Waals surface area contributed by atoms with Gasteiger partial charge in [0.2, 0.25) is 17.7 Å². The molecule has 1 fully saturated rings. The lowest BCUT2D eigenvalue weighted by molar-refractivity contribution is -0.144. The zero-order valence-corrected chi connectivity index (χ0v) is 22.8. The maximum absolute atomic E-state index is 13.9. The predicted molar refractivity (Wildman–Crippen MR) is 140 cm³/mol. The Balaban J connectivity index is 2.29.